The minimum absolute atomic E-state index is 0.126. The first-order chi connectivity index (χ1) is 5.81. The van der Waals surface area contributed by atoms with Gasteiger partial charge in [0.1, 0.15) is 0 Å². The zero-order valence-electron chi connectivity index (χ0n) is 6.03. The maximum absolute atomic E-state index is 10.9. The van der Waals surface area contributed by atoms with E-state index in [1.54, 1.807) is 12.1 Å². The number of hydrogen-bond donors (Lipinski definition) is 1. The van der Waals surface area contributed by atoms with Gasteiger partial charge < -0.3 is 4.98 Å². The highest BCUT2D eigenvalue weighted by molar-refractivity contribution is 7.16. The molecule has 2 aromatic rings. The van der Waals surface area contributed by atoms with Crippen LogP contribution in [0.3, 0.4) is 0 Å². The van der Waals surface area contributed by atoms with Crippen molar-refractivity contribution in [2.45, 2.75) is 0 Å². The van der Waals surface area contributed by atoms with Crippen LogP contribution in [0.4, 0.5) is 0 Å². The van der Waals surface area contributed by atoms with Crippen LogP contribution in [0.5, 0.6) is 0 Å². The van der Waals surface area contributed by atoms with Crippen LogP contribution in [0.25, 0.3) is 10.2 Å². The molecule has 0 amide bonds. The van der Waals surface area contributed by atoms with E-state index in [1.165, 1.54) is 0 Å². The first-order valence-electron chi connectivity index (χ1n) is 3.38. The molecule has 60 valence electrons. The van der Waals surface area contributed by atoms with Gasteiger partial charge in [-0.15, -0.1) is 0 Å². The SMILES string of the molecule is O=Cc1cccc2sc(=O)[nH]c12. The van der Waals surface area contributed by atoms with Crippen molar-refractivity contribution in [3.05, 3.63) is 33.4 Å². The number of rotatable bonds is 1. The predicted molar refractivity (Wildman–Crippen MR) is 47.8 cm³/mol. The third kappa shape index (κ3) is 0.967. The molecule has 12 heavy (non-hydrogen) atoms. The molecule has 4 heteroatoms. The fourth-order valence-electron chi connectivity index (χ4n) is 1.09. The van der Waals surface area contributed by atoms with Crippen LogP contribution in [0.2, 0.25) is 0 Å². The van der Waals surface area contributed by atoms with Gasteiger partial charge in [-0.25, -0.2) is 0 Å². The maximum Gasteiger partial charge on any atom is 0.305 e. The predicted octanol–water partition coefficient (Wildman–Crippen LogP) is 1.40. The van der Waals surface area contributed by atoms with E-state index in [0.717, 1.165) is 22.3 Å². The summed E-state index contributed by atoms with van der Waals surface area (Å²) in [4.78, 5) is 23.9. The largest absolute Gasteiger partial charge is 0.312 e. The van der Waals surface area contributed by atoms with Gasteiger partial charge in [-0.3, -0.25) is 9.59 Å². The van der Waals surface area contributed by atoms with E-state index in [1.807, 2.05) is 6.07 Å². The zero-order valence-corrected chi connectivity index (χ0v) is 6.85. The standard InChI is InChI=1S/C8H5NO2S/c10-4-5-2-1-3-6-7(5)9-8(11)12-6/h1-4H,(H,9,11). The van der Waals surface area contributed by atoms with Crippen LogP contribution in [-0.4, -0.2) is 11.3 Å². The number of hydrogen-bond acceptors (Lipinski definition) is 3. The fraction of sp³-hybridized carbons (Fsp3) is 0. The van der Waals surface area contributed by atoms with Gasteiger partial charge in [0, 0.05) is 5.56 Å². The van der Waals surface area contributed by atoms with Crippen molar-refractivity contribution >= 4 is 27.8 Å². The van der Waals surface area contributed by atoms with Crippen molar-refractivity contribution in [1.82, 2.24) is 4.98 Å². The van der Waals surface area contributed by atoms with Crippen LogP contribution in [0, 0.1) is 0 Å². The molecule has 0 bridgehead atoms. The van der Waals surface area contributed by atoms with Gasteiger partial charge in [-0.2, -0.15) is 0 Å². The summed E-state index contributed by atoms with van der Waals surface area (Å²) in [6.07, 6.45) is 0.741. The van der Waals surface area contributed by atoms with Crippen molar-refractivity contribution in [3.63, 3.8) is 0 Å². The third-order valence-corrected chi connectivity index (χ3v) is 2.46. The van der Waals surface area contributed by atoms with Crippen LogP contribution < -0.4 is 4.87 Å². The van der Waals surface area contributed by atoms with E-state index in [0.29, 0.717) is 11.1 Å². The summed E-state index contributed by atoms with van der Waals surface area (Å²) in [6.45, 7) is 0. The summed E-state index contributed by atoms with van der Waals surface area (Å²) in [7, 11) is 0. The van der Waals surface area contributed by atoms with Gasteiger partial charge in [0.25, 0.3) is 0 Å². The molecule has 0 fully saturated rings. The summed E-state index contributed by atoms with van der Waals surface area (Å²) in [5.41, 5.74) is 1.17. The lowest BCUT2D eigenvalue weighted by Crippen LogP contribution is -1.91. The van der Waals surface area contributed by atoms with Crippen LogP contribution in [0.15, 0.2) is 23.0 Å². The van der Waals surface area contributed by atoms with E-state index in [2.05, 4.69) is 4.98 Å². The Morgan fingerprint density at radius 1 is 1.42 bits per heavy atom. The van der Waals surface area contributed by atoms with Crippen molar-refractivity contribution in [2.75, 3.05) is 0 Å². The Balaban J connectivity index is 2.96. The molecule has 2 rings (SSSR count). The summed E-state index contributed by atoms with van der Waals surface area (Å²) in [6, 6.07) is 5.25. The number of aromatic amines is 1. The highest BCUT2D eigenvalue weighted by atomic mass is 32.1. The maximum atomic E-state index is 10.9. The number of aldehydes is 1. The topological polar surface area (TPSA) is 49.9 Å². The highest BCUT2D eigenvalue weighted by Gasteiger charge is 2.02. The molecule has 1 heterocycles. The van der Waals surface area contributed by atoms with Crippen molar-refractivity contribution in [3.8, 4) is 0 Å². The highest BCUT2D eigenvalue weighted by Crippen LogP contribution is 2.16. The molecule has 0 radical (unpaired) electrons. The Labute approximate surface area is 71.7 Å². The molecule has 0 saturated carbocycles. The molecule has 1 aromatic heterocycles. The lowest BCUT2D eigenvalue weighted by atomic mass is 10.2. The van der Waals surface area contributed by atoms with Crippen LogP contribution >= 0.6 is 11.3 Å². The van der Waals surface area contributed by atoms with Gasteiger partial charge in [0.15, 0.2) is 6.29 Å². The minimum atomic E-state index is -0.126. The number of H-pyrrole nitrogens is 1. The Bertz CT molecular complexity index is 483. The number of fused-ring (bicyclic) bond motifs is 1. The van der Waals surface area contributed by atoms with E-state index in [4.69, 9.17) is 0 Å². The Hall–Kier alpha value is -1.42. The molecule has 1 N–H and O–H groups in total. The third-order valence-electron chi connectivity index (χ3n) is 1.62. The van der Waals surface area contributed by atoms with Crippen LogP contribution in [0.1, 0.15) is 10.4 Å². The summed E-state index contributed by atoms with van der Waals surface area (Å²) < 4.78 is 0.824. The van der Waals surface area contributed by atoms with Gasteiger partial charge in [0.05, 0.1) is 10.2 Å². The average molecular weight is 179 g/mol. The normalized spacial score (nSPS) is 10.3. The second-order valence-electron chi connectivity index (χ2n) is 2.35. The molecule has 0 spiro atoms. The smallest absolute Gasteiger partial charge is 0.305 e. The number of thiazole rings is 1. The number of carbonyl (C=O) groups excluding carboxylic acids is 1. The molecule has 0 atom stereocenters. The number of carbonyl (C=O) groups is 1. The second kappa shape index (κ2) is 2.57. The summed E-state index contributed by atoms with van der Waals surface area (Å²) >= 11 is 1.11. The lowest BCUT2D eigenvalue weighted by Gasteiger charge is -1.90. The minimum Gasteiger partial charge on any atom is -0.312 e. The van der Waals surface area contributed by atoms with E-state index >= 15 is 0 Å². The molecule has 0 aliphatic heterocycles. The molecule has 3 nitrogen and oxygen atoms in total. The fourth-order valence-corrected chi connectivity index (χ4v) is 1.86. The first kappa shape index (κ1) is 7.24. The number of benzene rings is 1. The van der Waals surface area contributed by atoms with Crippen molar-refractivity contribution < 1.29 is 4.79 Å². The van der Waals surface area contributed by atoms with Crippen molar-refractivity contribution in [2.24, 2.45) is 0 Å². The number of nitrogens with one attached hydrogen (secondary N) is 1. The monoisotopic (exact) mass is 179 g/mol. The van der Waals surface area contributed by atoms with Gasteiger partial charge in [-0.1, -0.05) is 17.4 Å². The lowest BCUT2D eigenvalue weighted by molar-refractivity contribution is 0.112. The van der Waals surface area contributed by atoms with E-state index in [9.17, 15) is 9.59 Å². The van der Waals surface area contributed by atoms with E-state index < -0.39 is 0 Å². The number of para-hydroxylation sites is 1. The van der Waals surface area contributed by atoms with Gasteiger partial charge in [0.2, 0.25) is 0 Å². The van der Waals surface area contributed by atoms with Gasteiger partial charge in [-0.05, 0) is 12.1 Å². The Kier molecular flexibility index (Phi) is 1.55. The number of aromatic nitrogens is 1. The van der Waals surface area contributed by atoms with Crippen molar-refractivity contribution in [1.29, 1.82) is 0 Å². The van der Waals surface area contributed by atoms with E-state index in [-0.39, 0.29) is 4.87 Å². The average Bonchev–Trinajstić information content (AvgIpc) is 2.44. The summed E-state index contributed by atoms with van der Waals surface area (Å²) in [5, 5.41) is 0. The molecule has 0 saturated heterocycles. The van der Waals surface area contributed by atoms with Crippen LogP contribution in [-0.2, 0) is 0 Å². The molecular formula is C8H5NO2S. The quantitative estimate of drug-likeness (QED) is 0.673. The molecule has 1 aromatic carbocycles. The molecule has 0 aliphatic carbocycles. The molecule has 0 unspecified atom stereocenters. The van der Waals surface area contributed by atoms with Gasteiger partial charge >= 0.3 is 4.87 Å². The molecule has 0 aliphatic rings. The Morgan fingerprint density at radius 3 is 3.00 bits per heavy atom. The zero-order chi connectivity index (χ0) is 8.55. The first-order valence-corrected chi connectivity index (χ1v) is 4.20. The summed E-state index contributed by atoms with van der Waals surface area (Å²) in [5.74, 6) is 0. The Morgan fingerprint density at radius 2 is 2.25 bits per heavy atom. The molecular weight excluding hydrogens is 174 g/mol. The second-order valence-corrected chi connectivity index (χ2v) is 3.37.